The topological polar surface area (TPSA) is 111 Å². The molecule has 1 aromatic heterocycles. The number of hydrogen-bond donors (Lipinski definition) is 3. The third kappa shape index (κ3) is 3.73. The number of hydrazine groups is 1. The van der Waals surface area contributed by atoms with E-state index in [4.69, 9.17) is 10.6 Å². The summed E-state index contributed by atoms with van der Waals surface area (Å²) in [6.45, 7) is 0.889. The smallest absolute Gasteiger partial charge is 0.392 e. The van der Waals surface area contributed by atoms with E-state index < -0.39 is 23.3 Å². The molecule has 0 radical (unpaired) electrons. The zero-order chi connectivity index (χ0) is 19.6. The Hall–Kier alpha value is -3.06. The second kappa shape index (κ2) is 7.28. The summed E-state index contributed by atoms with van der Waals surface area (Å²) in [6, 6.07) is 2.08. The van der Waals surface area contributed by atoms with Gasteiger partial charge in [0.1, 0.15) is 5.82 Å². The molecule has 0 aliphatic carbocycles. The van der Waals surface area contributed by atoms with Gasteiger partial charge in [0, 0.05) is 6.54 Å². The van der Waals surface area contributed by atoms with Gasteiger partial charge in [0.25, 0.3) is 5.95 Å². The zero-order valence-electron chi connectivity index (χ0n) is 13.6. The van der Waals surface area contributed by atoms with Crippen molar-refractivity contribution in [3.05, 3.63) is 52.2 Å². The van der Waals surface area contributed by atoms with Gasteiger partial charge >= 0.3 is 11.9 Å². The van der Waals surface area contributed by atoms with Gasteiger partial charge in [-0.25, -0.2) is 13.8 Å². The minimum atomic E-state index is -4.94. The van der Waals surface area contributed by atoms with Gasteiger partial charge in [-0.3, -0.25) is 4.52 Å². The molecular weight excluding hydrogens is 376 g/mol. The van der Waals surface area contributed by atoms with E-state index in [0.717, 1.165) is 15.6 Å². The summed E-state index contributed by atoms with van der Waals surface area (Å²) in [6.07, 6.45) is -3.06. The summed E-state index contributed by atoms with van der Waals surface area (Å²) < 4.78 is 57.7. The van der Waals surface area contributed by atoms with Crippen LogP contribution in [0.15, 0.2) is 39.6 Å². The van der Waals surface area contributed by atoms with Crippen molar-refractivity contribution < 1.29 is 26.9 Å². The molecule has 1 aromatic carbocycles. The Morgan fingerprint density at radius 3 is 2.81 bits per heavy atom. The standard InChI is InChI=1S/C14H14F4N6O3/c15-10-3-2-8(6-9(10)14(16,17)18)23-12(21-27-13(23)25)24-11(7-26-22-24)20-5-1-4-19/h2-3,6-7,20,22H,1,4-5,19H2. The van der Waals surface area contributed by atoms with E-state index in [9.17, 15) is 22.4 Å². The van der Waals surface area contributed by atoms with Crippen LogP contribution in [0.25, 0.3) is 5.69 Å². The van der Waals surface area contributed by atoms with Crippen molar-refractivity contribution in [3.63, 3.8) is 0 Å². The van der Waals surface area contributed by atoms with Crippen molar-refractivity contribution in [3.8, 4) is 5.69 Å². The van der Waals surface area contributed by atoms with Crippen LogP contribution in [-0.2, 0) is 11.0 Å². The van der Waals surface area contributed by atoms with Gasteiger partial charge in [0.15, 0.2) is 12.1 Å². The molecule has 1 aliphatic rings. The lowest BCUT2D eigenvalue weighted by atomic mass is 10.2. The molecule has 13 heteroatoms. The van der Waals surface area contributed by atoms with Gasteiger partial charge in [-0.1, -0.05) is 5.59 Å². The summed E-state index contributed by atoms with van der Waals surface area (Å²) in [5.74, 6) is -2.46. The SMILES string of the molecule is NCCCNC1=CONN1c1noc(=O)n1-c1ccc(F)c(C(F)(F)F)c1. The summed E-state index contributed by atoms with van der Waals surface area (Å²) in [5.41, 5.74) is 5.99. The molecule has 3 rings (SSSR count). The first kappa shape index (κ1) is 18.7. The average molecular weight is 390 g/mol. The number of nitrogens with zero attached hydrogens (tertiary/aromatic N) is 3. The van der Waals surface area contributed by atoms with Crippen LogP contribution in [0.5, 0.6) is 0 Å². The predicted octanol–water partition coefficient (Wildman–Crippen LogP) is 0.977. The van der Waals surface area contributed by atoms with Crippen LogP contribution in [0.1, 0.15) is 12.0 Å². The van der Waals surface area contributed by atoms with E-state index in [1.807, 2.05) is 0 Å². The Morgan fingerprint density at radius 1 is 1.33 bits per heavy atom. The minimum Gasteiger partial charge on any atom is -0.392 e. The van der Waals surface area contributed by atoms with E-state index >= 15 is 0 Å². The summed E-state index contributed by atoms with van der Waals surface area (Å²) in [4.78, 5) is 17.0. The van der Waals surface area contributed by atoms with E-state index in [1.165, 1.54) is 6.26 Å². The van der Waals surface area contributed by atoms with Gasteiger partial charge < -0.3 is 15.9 Å². The minimum absolute atomic E-state index is 0.233. The molecule has 0 fully saturated rings. The number of hydrogen-bond acceptors (Lipinski definition) is 8. The Bertz CT molecular complexity index is 907. The highest BCUT2D eigenvalue weighted by Gasteiger charge is 2.35. The number of alkyl halides is 3. The molecule has 2 aromatic rings. The number of benzene rings is 1. The fourth-order valence-corrected chi connectivity index (χ4v) is 2.30. The fraction of sp³-hybridized carbons (Fsp3) is 0.286. The van der Waals surface area contributed by atoms with Crippen molar-refractivity contribution in [1.29, 1.82) is 0 Å². The van der Waals surface area contributed by atoms with Gasteiger partial charge in [-0.15, -0.1) is 0 Å². The molecule has 27 heavy (non-hydrogen) atoms. The van der Waals surface area contributed by atoms with E-state index in [2.05, 4.69) is 20.6 Å². The van der Waals surface area contributed by atoms with Crippen LogP contribution < -0.4 is 27.4 Å². The van der Waals surface area contributed by atoms with Crippen molar-refractivity contribution in [2.75, 3.05) is 18.1 Å². The lowest BCUT2D eigenvalue weighted by Crippen LogP contribution is -2.39. The Kier molecular flexibility index (Phi) is 5.05. The van der Waals surface area contributed by atoms with Gasteiger partial charge in [0.2, 0.25) is 0 Å². The summed E-state index contributed by atoms with van der Waals surface area (Å²) in [5, 5.41) is 7.63. The van der Waals surface area contributed by atoms with Crippen LogP contribution in [0.3, 0.4) is 0 Å². The predicted molar refractivity (Wildman–Crippen MR) is 83.5 cm³/mol. The first-order chi connectivity index (χ1) is 12.8. The van der Waals surface area contributed by atoms with E-state index in [1.54, 1.807) is 0 Å². The molecule has 146 valence electrons. The third-order valence-electron chi connectivity index (χ3n) is 3.54. The van der Waals surface area contributed by atoms with Crippen molar-refractivity contribution in [1.82, 2.24) is 20.6 Å². The molecule has 0 spiro atoms. The third-order valence-corrected chi connectivity index (χ3v) is 3.54. The Balaban J connectivity index is 1.99. The first-order valence-corrected chi connectivity index (χ1v) is 7.64. The Labute approximate surface area is 148 Å². The van der Waals surface area contributed by atoms with E-state index in [0.29, 0.717) is 37.5 Å². The molecule has 9 nitrogen and oxygen atoms in total. The maximum absolute atomic E-state index is 13.5. The lowest BCUT2D eigenvalue weighted by Gasteiger charge is -2.19. The highest BCUT2D eigenvalue weighted by atomic mass is 19.4. The van der Waals surface area contributed by atoms with Crippen LogP contribution in [0.2, 0.25) is 0 Å². The maximum atomic E-state index is 13.5. The number of nitrogens with two attached hydrogens (primary N) is 1. The quantitative estimate of drug-likeness (QED) is 0.495. The normalized spacial score (nSPS) is 14.3. The molecule has 4 N–H and O–H groups in total. The zero-order valence-corrected chi connectivity index (χ0v) is 13.6. The lowest BCUT2D eigenvalue weighted by molar-refractivity contribution is -0.140. The summed E-state index contributed by atoms with van der Waals surface area (Å²) >= 11 is 0. The van der Waals surface area contributed by atoms with Gasteiger partial charge in [-0.05, 0) is 36.3 Å². The Morgan fingerprint density at radius 2 is 2.11 bits per heavy atom. The number of aromatic nitrogens is 2. The molecule has 0 saturated heterocycles. The van der Waals surface area contributed by atoms with Gasteiger partial charge in [0.05, 0.1) is 11.3 Å². The highest BCUT2D eigenvalue weighted by Crippen LogP contribution is 2.33. The molecule has 0 unspecified atom stereocenters. The largest absolute Gasteiger partial charge is 0.447 e. The molecule has 0 bridgehead atoms. The fourth-order valence-electron chi connectivity index (χ4n) is 2.30. The molecule has 0 atom stereocenters. The van der Waals surface area contributed by atoms with Gasteiger partial charge in [-0.2, -0.15) is 18.2 Å². The molecule has 0 saturated carbocycles. The first-order valence-electron chi connectivity index (χ1n) is 7.64. The van der Waals surface area contributed by atoms with Crippen LogP contribution in [0.4, 0.5) is 23.5 Å². The monoisotopic (exact) mass is 390 g/mol. The number of anilines is 1. The molecule has 1 aliphatic heterocycles. The van der Waals surface area contributed by atoms with Crippen molar-refractivity contribution >= 4 is 5.95 Å². The van der Waals surface area contributed by atoms with Crippen molar-refractivity contribution in [2.24, 2.45) is 5.73 Å². The molecule has 0 amide bonds. The van der Waals surface area contributed by atoms with Crippen molar-refractivity contribution in [2.45, 2.75) is 12.6 Å². The number of rotatable bonds is 6. The summed E-state index contributed by atoms with van der Waals surface area (Å²) in [7, 11) is 0. The molecular formula is C14H14F4N6O3. The van der Waals surface area contributed by atoms with E-state index in [-0.39, 0.29) is 11.6 Å². The number of halogens is 4. The highest BCUT2D eigenvalue weighted by molar-refractivity contribution is 5.47. The average Bonchev–Trinajstić information content (AvgIpc) is 3.21. The number of nitrogens with one attached hydrogen (secondary N) is 2. The molecule has 2 heterocycles. The van der Waals surface area contributed by atoms with Crippen LogP contribution >= 0.6 is 0 Å². The maximum Gasteiger partial charge on any atom is 0.447 e. The van der Waals surface area contributed by atoms with Crippen LogP contribution in [-0.4, -0.2) is 22.8 Å². The van der Waals surface area contributed by atoms with Crippen LogP contribution in [0, 0.1) is 5.82 Å². The second-order valence-electron chi connectivity index (χ2n) is 5.36. The second-order valence-corrected chi connectivity index (χ2v) is 5.36.